The molecule has 4 heteroatoms. The van der Waals surface area contributed by atoms with Crippen LogP contribution in [0, 0.1) is 13.8 Å². The van der Waals surface area contributed by atoms with Crippen molar-refractivity contribution in [1.82, 2.24) is 10.2 Å². The summed E-state index contributed by atoms with van der Waals surface area (Å²) in [6.45, 7) is 8.72. The van der Waals surface area contributed by atoms with E-state index < -0.39 is 0 Å². The van der Waals surface area contributed by atoms with Gasteiger partial charge in [0.05, 0.1) is 6.61 Å². The van der Waals surface area contributed by atoms with Gasteiger partial charge in [0.25, 0.3) is 0 Å². The van der Waals surface area contributed by atoms with Gasteiger partial charge in [0, 0.05) is 32.8 Å². The van der Waals surface area contributed by atoms with Crippen molar-refractivity contribution in [2.24, 2.45) is 0 Å². The topological polar surface area (TPSA) is 44.7 Å². The van der Waals surface area contributed by atoms with E-state index in [2.05, 4.69) is 22.3 Å². The molecule has 1 unspecified atom stereocenters. The standard InChI is InChI=1S/C17H28N2O2/c1-13-9-15(10-14(2)17(13)20)11-19(7-8-21-3)12-16-5-4-6-18-16/h9-10,16,18,20H,4-8,11-12H2,1-3H3. The van der Waals surface area contributed by atoms with Crippen LogP contribution in [0.3, 0.4) is 0 Å². The summed E-state index contributed by atoms with van der Waals surface area (Å²) in [7, 11) is 1.75. The SMILES string of the molecule is COCCN(Cc1cc(C)c(O)c(C)c1)CC1CCCN1. The second-order valence-corrected chi connectivity index (χ2v) is 6.10. The van der Waals surface area contributed by atoms with E-state index in [0.717, 1.165) is 43.9 Å². The lowest BCUT2D eigenvalue weighted by Gasteiger charge is -2.26. The first-order valence-electron chi connectivity index (χ1n) is 7.84. The van der Waals surface area contributed by atoms with Crippen molar-refractivity contribution in [2.45, 2.75) is 39.3 Å². The van der Waals surface area contributed by atoms with Gasteiger partial charge in [-0.3, -0.25) is 4.90 Å². The quantitative estimate of drug-likeness (QED) is 0.809. The van der Waals surface area contributed by atoms with Gasteiger partial charge in [0.15, 0.2) is 0 Å². The number of aromatic hydroxyl groups is 1. The van der Waals surface area contributed by atoms with Crippen LogP contribution in [-0.2, 0) is 11.3 Å². The number of phenolic OH excluding ortho intramolecular Hbond substituents is 1. The van der Waals surface area contributed by atoms with Gasteiger partial charge < -0.3 is 15.2 Å². The Morgan fingerprint density at radius 2 is 2.05 bits per heavy atom. The van der Waals surface area contributed by atoms with Gasteiger partial charge in [-0.2, -0.15) is 0 Å². The van der Waals surface area contributed by atoms with Crippen LogP contribution in [0.25, 0.3) is 0 Å². The summed E-state index contributed by atoms with van der Waals surface area (Å²) in [6.07, 6.45) is 2.54. The van der Waals surface area contributed by atoms with Gasteiger partial charge >= 0.3 is 0 Å². The Kier molecular flexibility index (Phi) is 6.03. The number of rotatable bonds is 7. The molecule has 4 nitrogen and oxygen atoms in total. The van der Waals surface area contributed by atoms with E-state index in [9.17, 15) is 5.11 Å². The summed E-state index contributed by atoms with van der Waals surface area (Å²) < 4.78 is 5.24. The molecule has 0 aromatic heterocycles. The zero-order chi connectivity index (χ0) is 15.2. The lowest BCUT2D eigenvalue weighted by molar-refractivity contribution is 0.138. The van der Waals surface area contributed by atoms with E-state index in [1.807, 2.05) is 13.8 Å². The molecule has 0 bridgehead atoms. The van der Waals surface area contributed by atoms with Crippen LogP contribution in [0.2, 0.25) is 0 Å². The highest BCUT2D eigenvalue weighted by Gasteiger charge is 2.18. The molecule has 1 saturated heterocycles. The predicted octanol–water partition coefficient (Wildman–Crippen LogP) is 2.21. The summed E-state index contributed by atoms with van der Waals surface area (Å²) in [5.74, 6) is 0.416. The van der Waals surface area contributed by atoms with Crippen LogP contribution >= 0.6 is 0 Å². The molecular weight excluding hydrogens is 264 g/mol. The van der Waals surface area contributed by atoms with E-state index in [-0.39, 0.29) is 0 Å². The Hall–Kier alpha value is -1.10. The normalized spacial score (nSPS) is 18.6. The average Bonchev–Trinajstić information content (AvgIpc) is 2.95. The van der Waals surface area contributed by atoms with Gasteiger partial charge in [-0.05, 0) is 49.9 Å². The summed E-state index contributed by atoms with van der Waals surface area (Å²) in [6, 6.07) is 4.77. The molecule has 0 amide bonds. The molecule has 0 aliphatic carbocycles. The lowest BCUT2D eigenvalue weighted by atomic mass is 10.0. The summed E-state index contributed by atoms with van der Waals surface area (Å²) in [4.78, 5) is 2.44. The number of nitrogens with one attached hydrogen (secondary N) is 1. The van der Waals surface area contributed by atoms with E-state index >= 15 is 0 Å². The van der Waals surface area contributed by atoms with E-state index in [4.69, 9.17) is 4.74 Å². The monoisotopic (exact) mass is 292 g/mol. The Bertz CT molecular complexity index is 433. The lowest BCUT2D eigenvalue weighted by Crippen LogP contribution is -2.38. The molecule has 2 rings (SSSR count). The van der Waals surface area contributed by atoms with Gasteiger partial charge in [0.1, 0.15) is 5.75 Å². The first-order valence-corrected chi connectivity index (χ1v) is 7.84. The maximum atomic E-state index is 9.89. The first-order chi connectivity index (χ1) is 10.1. The van der Waals surface area contributed by atoms with Gasteiger partial charge in [0.2, 0.25) is 0 Å². The molecule has 1 aliphatic heterocycles. The third kappa shape index (κ3) is 4.70. The second-order valence-electron chi connectivity index (χ2n) is 6.10. The van der Waals surface area contributed by atoms with E-state index in [0.29, 0.717) is 11.8 Å². The Balaban J connectivity index is 2.02. The molecule has 2 N–H and O–H groups in total. The largest absolute Gasteiger partial charge is 0.507 e. The highest BCUT2D eigenvalue weighted by molar-refractivity contribution is 5.42. The third-order valence-electron chi connectivity index (χ3n) is 4.21. The Morgan fingerprint density at radius 1 is 1.33 bits per heavy atom. The number of nitrogens with zero attached hydrogens (tertiary/aromatic N) is 1. The van der Waals surface area contributed by atoms with Crippen LogP contribution in [0.1, 0.15) is 29.5 Å². The van der Waals surface area contributed by atoms with Gasteiger partial charge in [-0.1, -0.05) is 12.1 Å². The minimum Gasteiger partial charge on any atom is -0.507 e. The van der Waals surface area contributed by atoms with Crippen molar-refractivity contribution in [1.29, 1.82) is 0 Å². The number of phenols is 1. The zero-order valence-electron chi connectivity index (χ0n) is 13.5. The number of methoxy groups -OCH3 is 1. The molecule has 1 aromatic carbocycles. The van der Waals surface area contributed by atoms with Crippen LogP contribution in [0.5, 0.6) is 5.75 Å². The fourth-order valence-corrected chi connectivity index (χ4v) is 3.07. The van der Waals surface area contributed by atoms with Gasteiger partial charge in [-0.25, -0.2) is 0 Å². The Labute approximate surface area is 128 Å². The molecule has 1 fully saturated rings. The van der Waals surface area contributed by atoms with Crippen molar-refractivity contribution in [3.8, 4) is 5.75 Å². The van der Waals surface area contributed by atoms with Crippen LogP contribution < -0.4 is 5.32 Å². The number of hydrogen-bond donors (Lipinski definition) is 2. The summed E-state index contributed by atoms with van der Waals surface area (Å²) in [5.41, 5.74) is 3.17. The van der Waals surface area contributed by atoms with Crippen molar-refractivity contribution < 1.29 is 9.84 Å². The third-order valence-corrected chi connectivity index (χ3v) is 4.21. The molecule has 1 aliphatic rings. The van der Waals surface area contributed by atoms with Crippen LogP contribution in [0.4, 0.5) is 0 Å². The van der Waals surface area contributed by atoms with E-state index in [1.54, 1.807) is 7.11 Å². The van der Waals surface area contributed by atoms with Crippen LogP contribution in [0.15, 0.2) is 12.1 Å². The molecule has 21 heavy (non-hydrogen) atoms. The summed E-state index contributed by atoms with van der Waals surface area (Å²) in [5, 5.41) is 13.5. The Morgan fingerprint density at radius 3 is 2.62 bits per heavy atom. The summed E-state index contributed by atoms with van der Waals surface area (Å²) >= 11 is 0. The maximum absolute atomic E-state index is 9.89. The highest BCUT2D eigenvalue weighted by Crippen LogP contribution is 2.23. The molecule has 1 heterocycles. The van der Waals surface area contributed by atoms with Crippen LogP contribution in [-0.4, -0.2) is 49.4 Å². The average molecular weight is 292 g/mol. The van der Waals surface area contributed by atoms with Crippen molar-refractivity contribution in [3.05, 3.63) is 28.8 Å². The fourth-order valence-electron chi connectivity index (χ4n) is 3.07. The van der Waals surface area contributed by atoms with Gasteiger partial charge in [-0.15, -0.1) is 0 Å². The van der Waals surface area contributed by atoms with E-state index in [1.165, 1.54) is 18.4 Å². The van der Waals surface area contributed by atoms with Crippen molar-refractivity contribution >= 4 is 0 Å². The minimum atomic E-state index is 0.416. The predicted molar refractivity (Wildman–Crippen MR) is 85.8 cm³/mol. The fraction of sp³-hybridized carbons (Fsp3) is 0.647. The molecule has 1 atom stereocenters. The first kappa shape index (κ1) is 16.3. The highest BCUT2D eigenvalue weighted by atomic mass is 16.5. The molecule has 1 aromatic rings. The van der Waals surface area contributed by atoms with Crippen molar-refractivity contribution in [3.63, 3.8) is 0 Å². The molecule has 0 spiro atoms. The second kappa shape index (κ2) is 7.78. The maximum Gasteiger partial charge on any atom is 0.121 e. The number of ether oxygens (including phenoxy) is 1. The molecule has 118 valence electrons. The molecule has 0 radical (unpaired) electrons. The molecule has 0 saturated carbocycles. The number of benzene rings is 1. The van der Waals surface area contributed by atoms with Crippen molar-refractivity contribution in [2.75, 3.05) is 33.4 Å². The molecular formula is C17H28N2O2. The zero-order valence-corrected chi connectivity index (χ0v) is 13.5. The number of hydrogen-bond acceptors (Lipinski definition) is 4. The minimum absolute atomic E-state index is 0.416. The number of aryl methyl sites for hydroxylation is 2. The smallest absolute Gasteiger partial charge is 0.121 e.